The predicted octanol–water partition coefficient (Wildman–Crippen LogP) is 4.64. The van der Waals surface area contributed by atoms with Crippen molar-refractivity contribution in [1.29, 1.82) is 0 Å². The van der Waals surface area contributed by atoms with Crippen LogP contribution in [0.5, 0.6) is 0 Å². The third-order valence-electron chi connectivity index (χ3n) is 4.24. The first-order valence-electron chi connectivity index (χ1n) is 8.04. The molecule has 28 heavy (non-hydrogen) atoms. The van der Waals surface area contributed by atoms with Gasteiger partial charge in [0.15, 0.2) is 16.8 Å². The number of carboxylic acid groups (broad SMARTS) is 1. The number of carbonyl (C=O) groups is 2. The molecule has 5 nitrogen and oxygen atoms in total. The molecule has 0 saturated carbocycles. The van der Waals surface area contributed by atoms with Crippen LogP contribution in [0.1, 0.15) is 12.0 Å². The molecule has 0 saturated heterocycles. The van der Waals surface area contributed by atoms with E-state index in [4.69, 9.17) is 5.11 Å². The number of fused-ring (bicyclic) bond motifs is 2. The van der Waals surface area contributed by atoms with E-state index in [0.717, 1.165) is 11.8 Å². The van der Waals surface area contributed by atoms with Crippen molar-refractivity contribution in [3.63, 3.8) is 0 Å². The van der Waals surface area contributed by atoms with Crippen LogP contribution in [0, 0.1) is 24.4 Å². The molecule has 1 atom stereocenters. The molecule has 1 aliphatic heterocycles. The molecule has 0 spiro atoms. The Morgan fingerprint density at radius 1 is 1.29 bits per heavy atom. The summed E-state index contributed by atoms with van der Waals surface area (Å²) in [7, 11) is 0. The molecule has 2 heterocycles. The van der Waals surface area contributed by atoms with Gasteiger partial charge in [-0.2, -0.15) is 0 Å². The Morgan fingerprint density at radius 2 is 2.04 bits per heavy atom. The number of hydrogen-bond acceptors (Lipinski definition) is 5. The van der Waals surface area contributed by atoms with Gasteiger partial charge in [0.1, 0.15) is 11.3 Å². The Labute approximate surface area is 164 Å². The fraction of sp³-hybridized carbons (Fsp3) is 0.167. The summed E-state index contributed by atoms with van der Waals surface area (Å²) < 4.78 is 41.5. The van der Waals surface area contributed by atoms with Gasteiger partial charge in [-0.25, -0.2) is 18.2 Å². The number of aliphatic carboxylic acids is 1. The second-order valence-corrected chi connectivity index (χ2v) is 8.35. The van der Waals surface area contributed by atoms with Crippen LogP contribution in [0.4, 0.5) is 24.0 Å². The molecule has 1 aromatic heterocycles. The number of para-hydroxylation sites is 1. The van der Waals surface area contributed by atoms with Gasteiger partial charge < -0.3 is 5.11 Å². The number of hydrogen-bond donors (Lipinski definition) is 1. The second kappa shape index (κ2) is 6.78. The van der Waals surface area contributed by atoms with E-state index in [0.29, 0.717) is 33.5 Å². The normalized spacial score (nSPS) is 16.5. The molecule has 10 heteroatoms. The molecule has 0 fully saturated rings. The quantitative estimate of drug-likeness (QED) is 0.621. The topological polar surface area (TPSA) is 70.5 Å². The average Bonchev–Trinajstić information content (AvgIpc) is 3.06. The standard InChI is InChI=1S/C18H11F3N2O3S2/c1-7-3-2-4-10-15(7)23(17(26)11(27-10)6-12(24)25)18-22-14-13(21)8(19)5-9(20)16(14)28-18/h2-5,11H,6H2,1H3,(H,24,25). The number of thiazole rings is 1. The van der Waals surface area contributed by atoms with Crippen LogP contribution < -0.4 is 4.90 Å². The van der Waals surface area contributed by atoms with E-state index in [2.05, 4.69) is 4.98 Å². The summed E-state index contributed by atoms with van der Waals surface area (Å²) in [5.74, 6) is -5.36. The molecule has 1 aliphatic rings. The van der Waals surface area contributed by atoms with Crippen molar-refractivity contribution in [3.05, 3.63) is 47.3 Å². The number of carboxylic acids is 1. The lowest BCUT2D eigenvalue weighted by molar-refractivity contribution is -0.138. The Bertz CT molecular complexity index is 1150. The number of nitrogens with zero attached hydrogens (tertiary/aromatic N) is 2. The van der Waals surface area contributed by atoms with Crippen molar-refractivity contribution in [2.45, 2.75) is 23.5 Å². The monoisotopic (exact) mass is 424 g/mol. The van der Waals surface area contributed by atoms with Crippen molar-refractivity contribution in [2.24, 2.45) is 0 Å². The van der Waals surface area contributed by atoms with E-state index in [-0.39, 0.29) is 9.83 Å². The van der Waals surface area contributed by atoms with Crippen LogP contribution in [0.25, 0.3) is 10.2 Å². The zero-order valence-corrected chi connectivity index (χ0v) is 15.8. The van der Waals surface area contributed by atoms with Gasteiger partial charge in [0.2, 0.25) is 5.91 Å². The van der Waals surface area contributed by atoms with E-state index >= 15 is 0 Å². The molecule has 4 rings (SSSR count). The number of benzene rings is 2. The number of carbonyl (C=O) groups excluding carboxylic acids is 1. The number of amides is 1. The van der Waals surface area contributed by atoms with Gasteiger partial charge in [-0.05, 0) is 18.6 Å². The molecular weight excluding hydrogens is 413 g/mol. The maximum Gasteiger partial charge on any atom is 0.305 e. The zero-order chi connectivity index (χ0) is 20.2. The van der Waals surface area contributed by atoms with Gasteiger partial charge in [0, 0.05) is 11.0 Å². The average molecular weight is 424 g/mol. The first kappa shape index (κ1) is 18.8. The highest BCUT2D eigenvalue weighted by Crippen LogP contribution is 2.47. The maximum absolute atomic E-state index is 14.1. The number of halogens is 3. The van der Waals surface area contributed by atoms with Gasteiger partial charge in [0.05, 0.1) is 22.1 Å². The predicted molar refractivity (Wildman–Crippen MR) is 99.7 cm³/mol. The van der Waals surface area contributed by atoms with Crippen molar-refractivity contribution in [3.8, 4) is 0 Å². The lowest BCUT2D eigenvalue weighted by atomic mass is 10.1. The van der Waals surface area contributed by atoms with E-state index < -0.39 is 46.5 Å². The van der Waals surface area contributed by atoms with E-state index in [1.807, 2.05) is 0 Å². The molecule has 1 N–H and O–H groups in total. The zero-order valence-electron chi connectivity index (χ0n) is 14.2. The summed E-state index contributed by atoms with van der Waals surface area (Å²) in [6.07, 6.45) is -0.421. The number of rotatable bonds is 3. The van der Waals surface area contributed by atoms with Crippen LogP contribution in [-0.4, -0.2) is 27.2 Å². The number of anilines is 2. The first-order chi connectivity index (χ1) is 13.3. The lowest BCUT2D eigenvalue weighted by Crippen LogP contribution is -2.39. The summed E-state index contributed by atoms with van der Waals surface area (Å²) >= 11 is 1.82. The fourth-order valence-corrected chi connectivity index (χ4v) is 5.26. The summed E-state index contributed by atoms with van der Waals surface area (Å²) in [5.41, 5.74) is 0.673. The summed E-state index contributed by atoms with van der Waals surface area (Å²) in [5, 5.41) is 8.15. The van der Waals surface area contributed by atoms with Crippen molar-refractivity contribution < 1.29 is 27.9 Å². The minimum atomic E-state index is -1.37. The Kier molecular flexibility index (Phi) is 4.54. The largest absolute Gasteiger partial charge is 0.481 e. The van der Waals surface area contributed by atoms with Gasteiger partial charge in [-0.3, -0.25) is 14.5 Å². The highest BCUT2D eigenvalue weighted by atomic mass is 32.2. The van der Waals surface area contributed by atoms with E-state index in [9.17, 15) is 22.8 Å². The van der Waals surface area contributed by atoms with E-state index in [1.165, 1.54) is 4.90 Å². The van der Waals surface area contributed by atoms with Gasteiger partial charge in [-0.15, -0.1) is 11.8 Å². The van der Waals surface area contributed by atoms with Crippen LogP contribution in [-0.2, 0) is 9.59 Å². The molecule has 2 aromatic carbocycles. The third-order valence-corrected chi connectivity index (χ3v) is 6.53. The van der Waals surface area contributed by atoms with Crippen molar-refractivity contribution >= 4 is 56.0 Å². The number of aryl methyl sites for hydroxylation is 1. The maximum atomic E-state index is 14.1. The molecule has 0 radical (unpaired) electrons. The molecular formula is C18H11F3N2O3S2. The van der Waals surface area contributed by atoms with Crippen LogP contribution in [0.15, 0.2) is 29.2 Å². The number of thioether (sulfide) groups is 1. The smallest absolute Gasteiger partial charge is 0.305 e. The fourth-order valence-electron chi connectivity index (χ4n) is 3.02. The number of aromatic nitrogens is 1. The highest BCUT2D eigenvalue weighted by Gasteiger charge is 2.38. The first-order valence-corrected chi connectivity index (χ1v) is 9.73. The SMILES string of the molecule is Cc1cccc2c1N(c1nc3c(F)c(F)cc(F)c3s1)C(=O)C(CC(=O)O)S2. The summed E-state index contributed by atoms with van der Waals surface area (Å²) in [6, 6.07) is 5.68. The molecule has 144 valence electrons. The molecule has 3 aromatic rings. The Balaban J connectivity index is 1.93. The molecule has 1 unspecified atom stereocenters. The highest BCUT2D eigenvalue weighted by molar-refractivity contribution is 8.01. The van der Waals surface area contributed by atoms with Gasteiger partial charge in [-0.1, -0.05) is 23.5 Å². The van der Waals surface area contributed by atoms with E-state index in [1.54, 1.807) is 25.1 Å². The van der Waals surface area contributed by atoms with Crippen LogP contribution in [0.2, 0.25) is 0 Å². The van der Waals surface area contributed by atoms with Crippen LogP contribution >= 0.6 is 23.1 Å². The van der Waals surface area contributed by atoms with Crippen molar-refractivity contribution in [2.75, 3.05) is 4.90 Å². The minimum absolute atomic E-state index is 0.0466. The summed E-state index contributed by atoms with van der Waals surface area (Å²) in [4.78, 5) is 30.0. The molecule has 0 bridgehead atoms. The lowest BCUT2D eigenvalue weighted by Gasteiger charge is -2.32. The third kappa shape index (κ3) is 2.92. The molecule has 0 aliphatic carbocycles. The van der Waals surface area contributed by atoms with Gasteiger partial charge >= 0.3 is 5.97 Å². The summed E-state index contributed by atoms with van der Waals surface area (Å²) in [6.45, 7) is 1.76. The second-order valence-electron chi connectivity index (χ2n) is 6.13. The van der Waals surface area contributed by atoms with Gasteiger partial charge in [0.25, 0.3) is 0 Å². The molecule has 1 amide bonds. The Morgan fingerprint density at radius 3 is 2.75 bits per heavy atom. The van der Waals surface area contributed by atoms with Crippen molar-refractivity contribution in [1.82, 2.24) is 4.98 Å². The van der Waals surface area contributed by atoms with Crippen LogP contribution in [0.3, 0.4) is 0 Å². The minimum Gasteiger partial charge on any atom is -0.481 e. The Hall–Kier alpha value is -2.59.